The van der Waals surface area contributed by atoms with Gasteiger partial charge in [0.25, 0.3) is 0 Å². The molecule has 1 aliphatic rings. The van der Waals surface area contributed by atoms with Gasteiger partial charge < -0.3 is 20.7 Å². The van der Waals surface area contributed by atoms with Crippen LogP contribution in [0, 0.1) is 0 Å². The van der Waals surface area contributed by atoms with E-state index in [0.29, 0.717) is 18.9 Å². The Bertz CT molecular complexity index is 1250. The zero-order valence-electron chi connectivity index (χ0n) is 20.5. The number of pyridine rings is 1. The number of carbonyl (C=O) groups excluding carboxylic acids is 2. The average molecular weight is 487 g/mol. The minimum absolute atomic E-state index is 0.0448. The molecule has 1 saturated heterocycles. The number of ether oxygens (including phenoxy) is 1. The van der Waals surface area contributed by atoms with Crippen molar-refractivity contribution < 1.29 is 14.3 Å². The molecule has 9 heteroatoms. The van der Waals surface area contributed by atoms with E-state index in [1.54, 1.807) is 18.5 Å². The number of allylic oxidation sites excluding steroid dienone is 2. The van der Waals surface area contributed by atoms with Gasteiger partial charge in [0.2, 0.25) is 11.9 Å². The van der Waals surface area contributed by atoms with Gasteiger partial charge >= 0.3 is 0 Å². The van der Waals surface area contributed by atoms with Gasteiger partial charge in [-0.1, -0.05) is 17.7 Å². The van der Waals surface area contributed by atoms with Crippen molar-refractivity contribution in [3.8, 4) is 22.4 Å². The maximum Gasteiger partial charge on any atom is 0.224 e. The lowest BCUT2D eigenvalue weighted by Crippen LogP contribution is -2.36. The molecular weight excluding hydrogens is 456 g/mol. The van der Waals surface area contributed by atoms with Crippen molar-refractivity contribution in [2.75, 3.05) is 42.3 Å². The quantitative estimate of drug-likeness (QED) is 0.460. The summed E-state index contributed by atoms with van der Waals surface area (Å²) in [4.78, 5) is 39.4. The maximum atomic E-state index is 12.3. The van der Waals surface area contributed by atoms with Crippen LogP contribution in [0.1, 0.15) is 26.7 Å². The summed E-state index contributed by atoms with van der Waals surface area (Å²) in [6.45, 7) is 6.54. The highest BCUT2D eigenvalue weighted by Crippen LogP contribution is 2.30. The second-order valence-electron chi connectivity index (χ2n) is 8.84. The average Bonchev–Trinajstić information content (AvgIpc) is 2.88. The molecule has 2 aromatic heterocycles. The third kappa shape index (κ3) is 6.73. The largest absolute Gasteiger partial charge is 0.378 e. The van der Waals surface area contributed by atoms with Crippen LogP contribution in [0.15, 0.2) is 60.4 Å². The molecule has 186 valence electrons. The van der Waals surface area contributed by atoms with Crippen LogP contribution in [-0.2, 0) is 14.3 Å². The summed E-state index contributed by atoms with van der Waals surface area (Å²) < 4.78 is 5.50. The lowest BCUT2D eigenvalue weighted by molar-refractivity contribution is -0.120. The summed E-state index contributed by atoms with van der Waals surface area (Å²) in [7, 11) is 0. The van der Waals surface area contributed by atoms with Crippen LogP contribution in [0.25, 0.3) is 22.4 Å². The van der Waals surface area contributed by atoms with Crippen LogP contribution in [-0.4, -0.2) is 52.9 Å². The summed E-state index contributed by atoms with van der Waals surface area (Å²) >= 11 is 0. The number of ketones is 1. The molecule has 3 heterocycles. The number of nitrogens with zero attached hydrogens (tertiary/aromatic N) is 4. The number of aromatic nitrogens is 3. The van der Waals surface area contributed by atoms with Crippen molar-refractivity contribution in [3.63, 3.8) is 0 Å². The minimum atomic E-state index is -0.192. The third-order valence-electron chi connectivity index (χ3n) is 5.66. The van der Waals surface area contributed by atoms with Crippen molar-refractivity contribution >= 4 is 29.1 Å². The molecule has 9 nitrogen and oxygen atoms in total. The molecule has 0 radical (unpaired) electrons. The number of hydrogen-bond donors (Lipinski definition) is 2. The van der Waals surface area contributed by atoms with E-state index in [1.807, 2.05) is 44.2 Å². The normalized spacial score (nSPS) is 13.2. The van der Waals surface area contributed by atoms with Crippen molar-refractivity contribution in [2.45, 2.75) is 26.7 Å². The van der Waals surface area contributed by atoms with E-state index in [0.717, 1.165) is 46.9 Å². The molecule has 1 aromatic carbocycles. The predicted octanol–water partition coefficient (Wildman–Crippen LogP) is 3.88. The van der Waals surface area contributed by atoms with E-state index in [4.69, 9.17) is 15.5 Å². The number of rotatable bonds is 8. The summed E-state index contributed by atoms with van der Waals surface area (Å²) in [5.41, 5.74) is 10.7. The van der Waals surface area contributed by atoms with Crippen molar-refractivity contribution in [3.05, 3.63) is 60.4 Å². The lowest BCUT2D eigenvalue weighted by Gasteiger charge is -2.28. The van der Waals surface area contributed by atoms with Crippen molar-refractivity contribution in [2.24, 2.45) is 0 Å². The summed E-state index contributed by atoms with van der Waals surface area (Å²) in [6.07, 6.45) is 5.22. The Labute approximate surface area is 210 Å². The van der Waals surface area contributed by atoms with Crippen molar-refractivity contribution in [1.29, 1.82) is 0 Å². The molecule has 0 unspecified atom stereocenters. The molecule has 0 bridgehead atoms. The number of benzene rings is 1. The Morgan fingerprint density at radius 3 is 2.36 bits per heavy atom. The lowest BCUT2D eigenvalue weighted by atomic mass is 10.0. The summed E-state index contributed by atoms with van der Waals surface area (Å²) in [5.74, 6) is 0.822. The highest BCUT2D eigenvalue weighted by Gasteiger charge is 2.16. The van der Waals surface area contributed by atoms with Gasteiger partial charge in [0.15, 0.2) is 5.78 Å². The SMILES string of the molecule is CC(C)=CC(=O)CCC(=O)Nc1ccc(-c2cc(-c3cnc(N)nc3)nc(N3CCOCC3)c2)cc1. The summed E-state index contributed by atoms with van der Waals surface area (Å²) in [5, 5.41) is 2.86. The topological polar surface area (TPSA) is 123 Å². The molecule has 4 rings (SSSR count). The van der Waals surface area contributed by atoms with Gasteiger partial charge in [0.1, 0.15) is 5.82 Å². The minimum Gasteiger partial charge on any atom is -0.378 e. The van der Waals surface area contributed by atoms with E-state index < -0.39 is 0 Å². The second kappa shape index (κ2) is 11.5. The smallest absolute Gasteiger partial charge is 0.224 e. The zero-order valence-corrected chi connectivity index (χ0v) is 20.5. The number of nitrogens with two attached hydrogens (primary N) is 1. The fraction of sp³-hybridized carbons (Fsp3) is 0.296. The van der Waals surface area contributed by atoms with Crippen LogP contribution < -0.4 is 16.0 Å². The summed E-state index contributed by atoms with van der Waals surface area (Å²) in [6, 6.07) is 11.6. The first-order valence-electron chi connectivity index (χ1n) is 11.9. The van der Waals surface area contributed by atoms with Gasteiger partial charge in [-0.25, -0.2) is 15.0 Å². The Morgan fingerprint density at radius 2 is 1.69 bits per heavy atom. The van der Waals surface area contributed by atoms with Gasteiger partial charge in [0.05, 0.1) is 18.9 Å². The molecule has 1 aliphatic heterocycles. The number of anilines is 3. The molecular formula is C27H30N6O3. The van der Waals surface area contributed by atoms with Crippen LogP contribution >= 0.6 is 0 Å². The van der Waals surface area contributed by atoms with Gasteiger partial charge in [-0.05, 0) is 55.3 Å². The van der Waals surface area contributed by atoms with Crippen LogP contribution in [0.2, 0.25) is 0 Å². The number of carbonyl (C=O) groups is 2. The monoisotopic (exact) mass is 486 g/mol. The molecule has 36 heavy (non-hydrogen) atoms. The van der Waals surface area contributed by atoms with Crippen LogP contribution in [0.3, 0.4) is 0 Å². The standard InChI is InChI=1S/C27H30N6O3/c1-18(2)13-23(34)7-8-26(35)31-22-5-3-19(4-6-22)20-14-24(21-16-29-27(28)30-17-21)32-25(15-20)33-9-11-36-12-10-33/h3-6,13-17H,7-12H2,1-2H3,(H,31,35)(H2,28,29,30). The number of nitrogen functional groups attached to an aromatic ring is 1. The van der Waals surface area contributed by atoms with Crippen LogP contribution in [0.5, 0.6) is 0 Å². The molecule has 3 N–H and O–H groups in total. The molecule has 3 aromatic rings. The van der Waals surface area contributed by atoms with Gasteiger partial charge in [-0.2, -0.15) is 0 Å². The third-order valence-corrected chi connectivity index (χ3v) is 5.66. The fourth-order valence-corrected chi connectivity index (χ4v) is 3.86. The van der Waals surface area contributed by atoms with Gasteiger partial charge in [-0.15, -0.1) is 0 Å². The molecule has 1 amide bonds. The Hall–Kier alpha value is -4.11. The number of morpholine rings is 1. The Morgan fingerprint density at radius 1 is 1.00 bits per heavy atom. The van der Waals surface area contributed by atoms with Gasteiger partial charge in [0, 0.05) is 49.6 Å². The Balaban J connectivity index is 1.53. The highest BCUT2D eigenvalue weighted by molar-refractivity contribution is 5.96. The zero-order chi connectivity index (χ0) is 25.5. The maximum absolute atomic E-state index is 12.3. The first kappa shape index (κ1) is 25.0. The number of nitrogens with one attached hydrogen (secondary N) is 1. The predicted molar refractivity (Wildman–Crippen MR) is 140 cm³/mol. The number of amides is 1. The molecule has 0 aliphatic carbocycles. The first-order valence-corrected chi connectivity index (χ1v) is 11.9. The van der Waals surface area contributed by atoms with Gasteiger partial charge in [-0.3, -0.25) is 9.59 Å². The number of hydrogen-bond acceptors (Lipinski definition) is 8. The molecule has 1 fully saturated rings. The highest BCUT2D eigenvalue weighted by atomic mass is 16.5. The van der Waals surface area contributed by atoms with E-state index in [-0.39, 0.29) is 30.5 Å². The van der Waals surface area contributed by atoms with E-state index >= 15 is 0 Å². The fourth-order valence-electron chi connectivity index (χ4n) is 3.86. The molecule has 0 atom stereocenters. The Kier molecular flexibility index (Phi) is 8.02. The van der Waals surface area contributed by atoms with Crippen LogP contribution in [0.4, 0.5) is 17.5 Å². The molecule has 0 spiro atoms. The first-order chi connectivity index (χ1) is 17.4. The molecule has 0 saturated carbocycles. The van der Waals surface area contributed by atoms with E-state index in [9.17, 15) is 9.59 Å². The second-order valence-corrected chi connectivity index (χ2v) is 8.84. The van der Waals surface area contributed by atoms with E-state index in [2.05, 4.69) is 26.3 Å². The van der Waals surface area contributed by atoms with Crippen molar-refractivity contribution in [1.82, 2.24) is 15.0 Å². The van der Waals surface area contributed by atoms with E-state index in [1.165, 1.54) is 0 Å².